The van der Waals surface area contributed by atoms with Crippen LogP contribution in [0.1, 0.15) is 36.9 Å². The molecule has 1 unspecified atom stereocenters. The lowest BCUT2D eigenvalue weighted by Crippen LogP contribution is -2.39. The molecule has 1 aliphatic carbocycles. The molecule has 3 nitrogen and oxygen atoms in total. The first kappa shape index (κ1) is 18.8. The topological polar surface area (TPSA) is 32.3 Å². The summed E-state index contributed by atoms with van der Waals surface area (Å²) in [5.41, 5.74) is 1.25. The van der Waals surface area contributed by atoms with Gasteiger partial charge in [0.1, 0.15) is 11.6 Å². The van der Waals surface area contributed by atoms with Gasteiger partial charge in [-0.05, 0) is 37.5 Å². The number of hydrogen-bond donors (Lipinski definition) is 1. The first-order valence-electron chi connectivity index (χ1n) is 8.66. The molecule has 2 aromatic rings. The smallest absolute Gasteiger partial charge is 0.234 e. The molecule has 138 valence electrons. The number of rotatable bonds is 7. The molecule has 3 rings (SSSR count). The maximum Gasteiger partial charge on any atom is 0.234 e. The highest BCUT2D eigenvalue weighted by molar-refractivity contribution is 6.31. The lowest BCUT2D eigenvalue weighted by Gasteiger charge is -2.23. The summed E-state index contributed by atoms with van der Waals surface area (Å²) in [5.74, 6) is -1.33. The van der Waals surface area contributed by atoms with E-state index in [0.29, 0.717) is 10.6 Å². The monoisotopic (exact) mass is 378 g/mol. The Bertz CT molecular complexity index is 795. The van der Waals surface area contributed by atoms with E-state index in [1.807, 2.05) is 30.0 Å². The van der Waals surface area contributed by atoms with Crippen LogP contribution in [0.5, 0.6) is 0 Å². The van der Waals surface area contributed by atoms with Crippen molar-refractivity contribution in [2.24, 2.45) is 0 Å². The fourth-order valence-electron chi connectivity index (χ4n) is 3.00. The largest absolute Gasteiger partial charge is 0.348 e. The van der Waals surface area contributed by atoms with E-state index in [9.17, 15) is 13.6 Å². The fourth-order valence-corrected chi connectivity index (χ4v) is 3.30. The van der Waals surface area contributed by atoms with Gasteiger partial charge in [-0.25, -0.2) is 8.78 Å². The maximum absolute atomic E-state index is 13.9. The predicted octanol–water partition coefficient (Wildman–Crippen LogP) is 4.46. The molecule has 1 N–H and O–H groups in total. The highest BCUT2D eigenvalue weighted by Crippen LogP contribution is 2.29. The van der Waals surface area contributed by atoms with Gasteiger partial charge >= 0.3 is 0 Å². The van der Waals surface area contributed by atoms with Gasteiger partial charge < -0.3 is 5.32 Å². The Labute approximate surface area is 157 Å². The number of amides is 1. The number of carbonyl (C=O) groups is 1. The molecule has 0 spiro atoms. The zero-order chi connectivity index (χ0) is 18.7. The average Bonchev–Trinajstić information content (AvgIpc) is 3.41. The van der Waals surface area contributed by atoms with Gasteiger partial charge in [-0.3, -0.25) is 9.69 Å². The van der Waals surface area contributed by atoms with E-state index in [2.05, 4.69) is 5.32 Å². The van der Waals surface area contributed by atoms with E-state index < -0.39 is 11.6 Å². The van der Waals surface area contributed by atoms with E-state index in [-0.39, 0.29) is 31.1 Å². The van der Waals surface area contributed by atoms with Crippen LogP contribution in [0.15, 0.2) is 42.5 Å². The van der Waals surface area contributed by atoms with Crippen molar-refractivity contribution in [3.8, 4) is 0 Å². The van der Waals surface area contributed by atoms with Crippen LogP contribution in [0.4, 0.5) is 8.78 Å². The Balaban J connectivity index is 1.63. The van der Waals surface area contributed by atoms with E-state index in [4.69, 9.17) is 11.6 Å². The van der Waals surface area contributed by atoms with Crippen molar-refractivity contribution >= 4 is 17.5 Å². The number of carbonyl (C=O) groups excluding carboxylic acids is 1. The average molecular weight is 379 g/mol. The molecule has 2 aromatic carbocycles. The molecule has 1 amide bonds. The van der Waals surface area contributed by atoms with Crippen molar-refractivity contribution in [1.82, 2.24) is 10.2 Å². The molecule has 1 fully saturated rings. The van der Waals surface area contributed by atoms with Gasteiger partial charge in [0.15, 0.2) is 0 Å². The van der Waals surface area contributed by atoms with Crippen molar-refractivity contribution in [1.29, 1.82) is 0 Å². The second-order valence-electron chi connectivity index (χ2n) is 6.68. The summed E-state index contributed by atoms with van der Waals surface area (Å²) in [5, 5.41) is 3.55. The molecule has 0 radical (unpaired) electrons. The van der Waals surface area contributed by atoms with Crippen LogP contribution < -0.4 is 5.32 Å². The summed E-state index contributed by atoms with van der Waals surface area (Å²) in [6, 6.07) is 11.0. The van der Waals surface area contributed by atoms with Crippen LogP contribution in [0.2, 0.25) is 5.02 Å². The van der Waals surface area contributed by atoms with Gasteiger partial charge in [-0.1, -0.05) is 35.9 Å². The molecular formula is C20H21ClF2N2O. The van der Waals surface area contributed by atoms with Crippen molar-refractivity contribution < 1.29 is 13.6 Å². The Hall–Kier alpha value is -1.98. The quantitative estimate of drug-likeness (QED) is 0.771. The molecule has 0 saturated heterocycles. The van der Waals surface area contributed by atoms with E-state index >= 15 is 0 Å². The minimum absolute atomic E-state index is 0.146. The number of nitrogens with zero attached hydrogens (tertiary/aromatic N) is 1. The van der Waals surface area contributed by atoms with Gasteiger partial charge in [0.05, 0.1) is 12.6 Å². The summed E-state index contributed by atoms with van der Waals surface area (Å²) >= 11 is 6.17. The third-order valence-electron chi connectivity index (χ3n) is 4.55. The molecule has 0 aliphatic heterocycles. The highest BCUT2D eigenvalue weighted by atomic mass is 35.5. The second kappa shape index (κ2) is 8.14. The van der Waals surface area contributed by atoms with Gasteiger partial charge in [-0.15, -0.1) is 0 Å². The first-order chi connectivity index (χ1) is 12.4. The van der Waals surface area contributed by atoms with E-state index in [0.717, 1.165) is 24.5 Å². The minimum Gasteiger partial charge on any atom is -0.348 e. The van der Waals surface area contributed by atoms with Crippen LogP contribution in [0.25, 0.3) is 0 Å². The maximum atomic E-state index is 13.9. The number of halogens is 3. The molecule has 6 heteroatoms. The summed E-state index contributed by atoms with van der Waals surface area (Å²) in [7, 11) is 0. The summed E-state index contributed by atoms with van der Waals surface area (Å²) in [6.45, 7) is 2.32. The number of benzene rings is 2. The lowest BCUT2D eigenvalue weighted by atomic mass is 10.1. The molecule has 1 saturated carbocycles. The van der Waals surface area contributed by atoms with Crippen molar-refractivity contribution in [3.63, 3.8) is 0 Å². The van der Waals surface area contributed by atoms with Crippen LogP contribution in [0, 0.1) is 11.6 Å². The Kier molecular flexibility index (Phi) is 5.89. The Morgan fingerprint density at radius 2 is 2.00 bits per heavy atom. The molecule has 26 heavy (non-hydrogen) atoms. The third kappa shape index (κ3) is 4.80. The highest BCUT2D eigenvalue weighted by Gasteiger charge is 2.31. The fraction of sp³-hybridized carbons (Fsp3) is 0.350. The third-order valence-corrected chi connectivity index (χ3v) is 4.89. The number of hydrogen-bond acceptors (Lipinski definition) is 2. The molecule has 0 aromatic heterocycles. The number of nitrogens with one attached hydrogen (secondary N) is 1. The minimum atomic E-state index is -0.601. The van der Waals surface area contributed by atoms with E-state index in [1.54, 1.807) is 6.07 Å². The van der Waals surface area contributed by atoms with Crippen LogP contribution in [0.3, 0.4) is 0 Å². The molecule has 0 heterocycles. The first-order valence-corrected chi connectivity index (χ1v) is 9.03. The SMILES string of the molecule is CC(NC(=O)CN(Cc1ccc(F)cc1F)C1CC1)c1ccccc1Cl. The van der Waals surface area contributed by atoms with Crippen molar-refractivity contribution in [2.45, 2.75) is 38.4 Å². The molecule has 1 atom stereocenters. The lowest BCUT2D eigenvalue weighted by molar-refractivity contribution is -0.123. The molecular weight excluding hydrogens is 358 g/mol. The van der Waals surface area contributed by atoms with Crippen molar-refractivity contribution in [3.05, 3.63) is 70.2 Å². The Morgan fingerprint density at radius 1 is 1.27 bits per heavy atom. The van der Waals surface area contributed by atoms with Crippen LogP contribution in [-0.2, 0) is 11.3 Å². The van der Waals surface area contributed by atoms with Gasteiger partial charge in [-0.2, -0.15) is 0 Å². The second-order valence-corrected chi connectivity index (χ2v) is 7.09. The van der Waals surface area contributed by atoms with Crippen molar-refractivity contribution in [2.75, 3.05) is 6.54 Å². The zero-order valence-corrected chi connectivity index (χ0v) is 15.3. The van der Waals surface area contributed by atoms with Gasteiger partial charge in [0, 0.05) is 29.2 Å². The Morgan fingerprint density at radius 3 is 2.65 bits per heavy atom. The predicted molar refractivity (Wildman–Crippen MR) is 97.8 cm³/mol. The normalized spacial score (nSPS) is 15.1. The standard InChI is InChI=1S/C20H21ClF2N2O/c1-13(17-4-2-3-5-18(17)21)24-20(26)12-25(16-8-9-16)11-14-6-7-15(22)10-19(14)23/h2-7,10,13,16H,8-9,11-12H2,1H3,(H,24,26). The summed E-state index contributed by atoms with van der Waals surface area (Å²) in [4.78, 5) is 14.4. The molecule has 0 bridgehead atoms. The summed E-state index contributed by atoms with van der Waals surface area (Å²) in [6.07, 6.45) is 1.96. The zero-order valence-electron chi connectivity index (χ0n) is 14.5. The van der Waals surface area contributed by atoms with E-state index in [1.165, 1.54) is 12.1 Å². The molecule has 1 aliphatic rings. The van der Waals surface area contributed by atoms with Crippen LogP contribution >= 0.6 is 11.6 Å². The van der Waals surface area contributed by atoms with Gasteiger partial charge in [0.25, 0.3) is 0 Å². The summed E-state index contributed by atoms with van der Waals surface area (Å²) < 4.78 is 27.0. The van der Waals surface area contributed by atoms with Gasteiger partial charge in [0.2, 0.25) is 5.91 Å². The van der Waals surface area contributed by atoms with Crippen LogP contribution in [-0.4, -0.2) is 23.4 Å².